The maximum Gasteiger partial charge on any atom is 0.308 e. The average molecular weight is 452 g/mol. The third-order valence-corrected chi connectivity index (χ3v) is 5.23. The summed E-state index contributed by atoms with van der Waals surface area (Å²) in [4.78, 5) is 25.4. The molecule has 0 aliphatic rings. The fourth-order valence-corrected chi connectivity index (χ4v) is 3.39. The summed E-state index contributed by atoms with van der Waals surface area (Å²) in [6.07, 6.45) is 0.0652. The van der Waals surface area contributed by atoms with Gasteiger partial charge in [0.2, 0.25) is 5.91 Å². The van der Waals surface area contributed by atoms with Crippen LogP contribution < -0.4 is 10.1 Å². The molecule has 0 radical (unpaired) electrons. The molecule has 2 aromatic carbocycles. The molecule has 7 heteroatoms. The van der Waals surface area contributed by atoms with E-state index in [4.69, 9.17) is 9.47 Å². The Morgan fingerprint density at radius 3 is 2.59 bits per heavy atom. The van der Waals surface area contributed by atoms with Gasteiger partial charge >= 0.3 is 5.97 Å². The molecule has 5 nitrogen and oxygen atoms in total. The van der Waals surface area contributed by atoms with Crippen LogP contribution in [-0.2, 0) is 14.3 Å². The van der Waals surface area contributed by atoms with Crippen LogP contribution in [0.1, 0.15) is 24.9 Å². The molecule has 0 saturated carbocycles. The molecule has 0 heterocycles. The maximum atomic E-state index is 12.4. The Morgan fingerprint density at radius 2 is 1.93 bits per heavy atom. The molecule has 0 fully saturated rings. The third-order valence-electron chi connectivity index (χ3n) is 3.69. The molecule has 0 aromatic heterocycles. The van der Waals surface area contributed by atoms with Gasteiger partial charge in [0, 0.05) is 9.37 Å². The zero-order valence-corrected chi connectivity index (χ0v) is 17.6. The first-order valence-electron chi connectivity index (χ1n) is 8.49. The van der Waals surface area contributed by atoms with E-state index in [0.29, 0.717) is 12.4 Å². The number of carbonyl (C=O) groups is 2. The second-order valence-corrected chi connectivity index (χ2v) is 7.61. The number of ether oxygens (including phenoxy) is 2. The highest BCUT2D eigenvalue weighted by Crippen LogP contribution is 2.24. The van der Waals surface area contributed by atoms with Crippen molar-refractivity contribution in [2.24, 2.45) is 0 Å². The van der Waals surface area contributed by atoms with E-state index in [2.05, 4.69) is 21.2 Å². The minimum absolute atomic E-state index is 0.0652. The van der Waals surface area contributed by atoms with Crippen LogP contribution in [0.5, 0.6) is 5.75 Å². The summed E-state index contributed by atoms with van der Waals surface area (Å²) < 4.78 is 11.3. The molecule has 0 bridgehead atoms. The number of carbonyl (C=O) groups excluding carboxylic acids is 2. The number of methoxy groups -OCH3 is 1. The summed E-state index contributed by atoms with van der Waals surface area (Å²) >= 11 is 4.83. The molecule has 0 saturated heterocycles. The van der Waals surface area contributed by atoms with Gasteiger partial charge in [0.25, 0.3) is 0 Å². The van der Waals surface area contributed by atoms with Gasteiger partial charge in [-0.25, -0.2) is 0 Å². The van der Waals surface area contributed by atoms with E-state index in [0.717, 1.165) is 14.9 Å². The van der Waals surface area contributed by atoms with Gasteiger partial charge in [-0.1, -0.05) is 28.1 Å². The van der Waals surface area contributed by atoms with Crippen molar-refractivity contribution in [3.05, 3.63) is 58.6 Å². The van der Waals surface area contributed by atoms with E-state index in [1.165, 1.54) is 11.8 Å². The molecule has 1 unspecified atom stereocenters. The molecule has 0 spiro atoms. The molecule has 0 aliphatic carbocycles. The summed E-state index contributed by atoms with van der Waals surface area (Å²) in [6.45, 7) is 2.06. The minimum Gasteiger partial charge on any atom is -0.497 e. The Morgan fingerprint density at radius 1 is 1.19 bits per heavy atom. The SMILES string of the molecule is CCOC(=O)CC(NC(=O)CSc1ccc(Br)cc1)c1cccc(OC)c1. The third kappa shape index (κ3) is 7.27. The Hall–Kier alpha value is -1.99. The van der Waals surface area contributed by atoms with Gasteiger partial charge < -0.3 is 14.8 Å². The highest BCUT2D eigenvalue weighted by Gasteiger charge is 2.20. The van der Waals surface area contributed by atoms with Gasteiger partial charge in [0.1, 0.15) is 5.75 Å². The number of hydrogen-bond acceptors (Lipinski definition) is 5. The predicted octanol–water partition coefficient (Wildman–Crippen LogP) is 4.36. The van der Waals surface area contributed by atoms with Gasteiger partial charge in [-0.2, -0.15) is 0 Å². The number of amides is 1. The van der Waals surface area contributed by atoms with Crippen molar-refractivity contribution in [2.45, 2.75) is 24.3 Å². The number of hydrogen-bond donors (Lipinski definition) is 1. The van der Waals surface area contributed by atoms with Gasteiger partial charge in [0.15, 0.2) is 0 Å². The van der Waals surface area contributed by atoms with Crippen LogP contribution in [0.3, 0.4) is 0 Å². The first-order valence-corrected chi connectivity index (χ1v) is 10.3. The molecular weight excluding hydrogens is 430 g/mol. The van der Waals surface area contributed by atoms with Crippen molar-refractivity contribution in [1.29, 1.82) is 0 Å². The number of rotatable bonds is 9. The Kier molecular flexibility index (Phi) is 8.67. The van der Waals surface area contributed by atoms with E-state index in [1.807, 2.05) is 48.5 Å². The summed E-state index contributed by atoms with van der Waals surface area (Å²) in [6, 6.07) is 14.6. The summed E-state index contributed by atoms with van der Waals surface area (Å²) in [5.74, 6) is 0.413. The second kappa shape index (κ2) is 11.0. The van der Waals surface area contributed by atoms with Gasteiger partial charge in [-0.3, -0.25) is 9.59 Å². The fraction of sp³-hybridized carbons (Fsp3) is 0.300. The summed E-state index contributed by atoms with van der Waals surface area (Å²) in [5.41, 5.74) is 0.796. The van der Waals surface area contributed by atoms with Crippen LogP contribution in [0.15, 0.2) is 57.9 Å². The van der Waals surface area contributed by atoms with Crippen LogP contribution >= 0.6 is 27.7 Å². The van der Waals surface area contributed by atoms with E-state index in [1.54, 1.807) is 14.0 Å². The first-order chi connectivity index (χ1) is 13.0. The standard InChI is InChI=1S/C20H22BrNO4S/c1-3-26-20(24)12-18(14-5-4-6-16(11-14)25-2)22-19(23)13-27-17-9-7-15(21)8-10-17/h4-11,18H,3,12-13H2,1-2H3,(H,22,23). The highest BCUT2D eigenvalue weighted by atomic mass is 79.9. The second-order valence-electron chi connectivity index (χ2n) is 5.65. The molecule has 144 valence electrons. The van der Waals surface area contributed by atoms with Crippen molar-refractivity contribution in [3.63, 3.8) is 0 Å². The van der Waals surface area contributed by atoms with E-state index in [-0.39, 0.29) is 24.1 Å². The van der Waals surface area contributed by atoms with Crippen molar-refractivity contribution in [2.75, 3.05) is 19.5 Å². The monoisotopic (exact) mass is 451 g/mol. The Bertz CT molecular complexity index is 767. The van der Waals surface area contributed by atoms with Crippen LogP contribution in [0, 0.1) is 0 Å². The van der Waals surface area contributed by atoms with Crippen LogP contribution in [-0.4, -0.2) is 31.3 Å². The largest absolute Gasteiger partial charge is 0.497 e. The van der Waals surface area contributed by atoms with Crippen LogP contribution in [0.2, 0.25) is 0 Å². The molecule has 1 N–H and O–H groups in total. The average Bonchev–Trinajstić information content (AvgIpc) is 2.67. The van der Waals surface area contributed by atoms with Crippen molar-refractivity contribution in [3.8, 4) is 5.75 Å². The molecule has 27 heavy (non-hydrogen) atoms. The van der Waals surface area contributed by atoms with E-state index in [9.17, 15) is 9.59 Å². The molecule has 1 atom stereocenters. The van der Waals surface area contributed by atoms with Gasteiger partial charge in [0.05, 0.1) is 31.9 Å². The van der Waals surface area contributed by atoms with E-state index < -0.39 is 6.04 Å². The van der Waals surface area contributed by atoms with Crippen LogP contribution in [0.25, 0.3) is 0 Å². The van der Waals surface area contributed by atoms with Crippen molar-refractivity contribution >= 4 is 39.6 Å². The maximum absolute atomic E-state index is 12.4. The zero-order chi connectivity index (χ0) is 19.6. The van der Waals surface area contributed by atoms with Gasteiger partial charge in [-0.05, 0) is 48.9 Å². The van der Waals surface area contributed by atoms with Crippen LogP contribution in [0.4, 0.5) is 0 Å². The number of thioether (sulfide) groups is 1. The Balaban J connectivity index is 2.04. The van der Waals surface area contributed by atoms with E-state index >= 15 is 0 Å². The lowest BCUT2D eigenvalue weighted by atomic mass is 10.0. The fourth-order valence-electron chi connectivity index (χ4n) is 2.41. The predicted molar refractivity (Wildman–Crippen MR) is 110 cm³/mol. The van der Waals surface area contributed by atoms with Gasteiger partial charge in [-0.15, -0.1) is 11.8 Å². The normalized spacial score (nSPS) is 11.5. The lowest BCUT2D eigenvalue weighted by molar-refractivity contribution is -0.143. The van der Waals surface area contributed by atoms with Crippen molar-refractivity contribution < 1.29 is 19.1 Å². The Labute approximate surface area is 171 Å². The summed E-state index contributed by atoms with van der Waals surface area (Å²) in [5, 5.41) is 2.93. The molecule has 2 rings (SSSR count). The molecule has 0 aliphatic heterocycles. The molecular formula is C20H22BrNO4S. The number of halogens is 1. The summed E-state index contributed by atoms with van der Waals surface area (Å²) in [7, 11) is 1.58. The lowest BCUT2D eigenvalue weighted by Gasteiger charge is -2.19. The smallest absolute Gasteiger partial charge is 0.308 e. The molecule has 2 aromatic rings. The number of nitrogens with one attached hydrogen (secondary N) is 1. The highest BCUT2D eigenvalue weighted by molar-refractivity contribution is 9.10. The molecule has 1 amide bonds. The quantitative estimate of drug-likeness (QED) is 0.453. The first kappa shape index (κ1) is 21.3. The number of benzene rings is 2. The minimum atomic E-state index is -0.475. The van der Waals surface area contributed by atoms with Crippen molar-refractivity contribution in [1.82, 2.24) is 5.32 Å². The zero-order valence-electron chi connectivity index (χ0n) is 15.2. The lowest BCUT2D eigenvalue weighted by Crippen LogP contribution is -2.32. The topological polar surface area (TPSA) is 64.6 Å². The number of esters is 1.